The molecule has 2 rings (SSSR count). The lowest BCUT2D eigenvalue weighted by Crippen LogP contribution is -2.48. The van der Waals surface area contributed by atoms with E-state index in [-0.39, 0.29) is 6.04 Å². The summed E-state index contributed by atoms with van der Waals surface area (Å²) < 4.78 is 17.7. The number of guanidine groups is 1. The highest BCUT2D eigenvalue weighted by molar-refractivity contribution is 7.85. The summed E-state index contributed by atoms with van der Waals surface area (Å²) in [6, 6.07) is 4.38. The van der Waals surface area contributed by atoms with Gasteiger partial charge >= 0.3 is 0 Å². The molecule has 1 aromatic heterocycles. The maximum atomic E-state index is 12.1. The summed E-state index contributed by atoms with van der Waals surface area (Å²) in [7, 11) is 5.16. The van der Waals surface area contributed by atoms with Crippen molar-refractivity contribution < 1.29 is 8.63 Å². The van der Waals surface area contributed by atoms with Crippen LogP contribution < -0.4 is 10.6 Å². The van der Waals surface area contributed by atoms with Gasteiger partial charge in [0.2, 0.25) is 0 Å². The Morgan fingerprint density at radius 3 is 2.88 bits per heavy atom. The van der Waals surface area contributed by atoms with Crippen LogP contribution in [0, 0.1) is 0 Å². The summed E-state index contributed by atoms with van der Waals surface area (Å²) >= 11 is 0. The maximum absolute atomic E-state index is 12.1. The minimum Gasteiger partial charge on any atom is -0.468 e. The van der Waals surface area contributed by atoms with E-state index >= 15 is 0 Å². The molecule has 142 valence electrons. The van der Waals surface area contributed by atoms with Crippen LogP contribution in [0.2, 0.25) is 0 Å². The van der Waals surface area contributed by atoms with E-state index in [0.717, 1.165) is 43.2 Å². The number of aliphatic imine (C=N–C) groups is 1. The minimum absolute atomic E-state index is 0.139. The number of likely N-dealkylation sites (N-methyl/N-ethyl adjacent to an activating group) is 1. The van der Waals surface area contributed by atoms with Crippen molar-refractivity contribution in [3.05, 3.63) is 24.2 Å². The molecule has 0 aromatic carbocycles. The number of hydrogen-bond acceptors (Lipinski definition) is 4. The van der Waals surface area contributed by atoms with E-state index in [1.807, 2.05) is 33.2 Å². The highest BCUT2D eigenvalue weighted by atomic mass is 32.2. The van der Waals surface area contributed by atoms with Gasteiger partial charge < -0.3 is 15.1 Å². The standard InChI is InChI=1S/C18H32N4O2S/c1-5-25(23)15-9-6-8-14(12-15)21-18(19-2)20-13-16(22(3)4)17-10-7-11-24-17/h7,10-11,14-16H,5-6,8-9,12-13H2,1-4H3,(H2,19,20,21). The maximum Gasteiger partial charge on any atom is 0.191 e. The van der Waals surface area contributed by atoms with Crippen LogP contribution in [0.1, 0.15) is 44.4 Å². The van der Waals surface area contributed by atoms with Gasteiger partial charge in [-0.15, -0.1) is 0 Å². The predicted octanol–water partition coefficient (Wildman–Crippen LogP) is 2.13. The third kappa shape index (κ3) is 5.85. The molecule has 1 fully saturated rings. The molecule has 0 saturated heterocycles. The van der Waals surface area contributed by atoms with Gasteiger partial charge in [-0.25, -0.2) is 0 Å². The van der Waals surface area contributed by atoms with Gasteiger partial charge in [0.05, 0.1) is 12.3 Å². The SMILES string of the molecule is CCS(=O)C1CCCC(NC(=NC)NCC(c2ccco2)N(C)C)C1. The van der Waals surface area contributed by atoms with Crippen LogP contribution in [0.4, 0.5) is 0 Å². The van der Waals surface area contributed by atoms with Gasteiger partial charge in [0.25, 0.3) is 0 Å². The van der Waals surface area contributed by atoms with Crippen LogP contribution in [-0.4, -0.2) is 59.8 Å². The molecule has 1 heterocycles. The Morgan fingerprint density at radius 2 is 2.28 bits per heavy atom. The summed E-state index contributed by atoms with van der Waals surface area (Å²) in [5.74, 6) is 2.48. The van der Waals surface area contributed by atoms with Crippen molar-refractivity contribution in [3.8, 4) is 0 Å². The Morgan fingerprint density at radius 1 is 1.48 bits per heavy atom. The van der Waals surface area contributed by atoms with E-state index < -0.39 is 10.8 Å². The summed E-state index contributed by atoms with van der Waals surface area (Å²) in [6.45, 7) is 2.71. The first-order valence-corrected chi connectivity index (χ1v) is 10.5. The van der Waals surface area contributed by atoms with Gasteiger partial charge in [0.1, 0.15) is 5.76 Å². The Bertz CT molecular complexity index is 559. The van der Waals surface area contributed by atoms with Crippen LogP contribution in [0.25, 0.3) is 0 Å². The smallest absolute Gasteiger partial charge is 0.191 e. The lowest BCUT2D eigenvalue weighted by atomic mass is 9.95. The van der Waals surface area contributed by atoms with Crippen LogP contribution in [0.5, 0.6) is 0 Å². The number of hydrogen-bond donors (Lipinski definition) is 2. The van der Waals surface area contributed by atoms with E-state index in [0.29, 0.717) is 17.8 Å². The Balaban J connectivity index is 1.88. The molecule has 1 aliphatic rings. The van der Waals surface area contributed by atoms with E-state index in [9.17, 15) is 4.21 Å². The van der Waals surface area contributed by atoms with Gasteiger partial charge in [-0.3, -0.25) is 14.1 Å². The molecule has 1 aromatic rings. The van der Waals surface area contributed by atoms with Crippen molar-refractivity contribution >= 4 is 16.8 Å². The van der Waals surface area contributed by atoms with E-state index in [1.165, 1.54) is 0 Å². The third-order valence-electron chi connectivity index (χ3n) is 4.80. The second kappa shape index (κ2) is 9.97. The molecule has 7 heteroatoms. The average molecular weight is 369 g/mol. The molecule has 1 saturated carbocycles. The van der Waals surface area contributed by atoms with Gasteiger partial charge in [0.15, 0.2) is 5.96 Å². The molecule has 0 bridgehead atoms. The monoisotopic (exact) mass is 368 g/mol. The molecule has 1 aliphatic carbocycles. The Labute approximate surface area is 153 Å². The van der Waals surface area contributed by atoms with E-state index in [4.69, 9.17) is 4.42 Å². The number of rotatable bonds is 7. The van der Waals surface area contributed by atoms with Crippen molar-refractivity contribution in [3.63, 3.8) is 0 Å². The molecule has 25 heavy (non-hydrogen) atoms. The Kier molecular flexibility index (Phi) is 7.96. The molecular formula is C18H32N4O2S. The largest absolute Gasteiger partial charge is 0.468 e. The normalized spacial score (nSPS) is 24.1. The topological polar surface area (TPSA) is 69.9 Å². The Hall–Kier alpha value is -1.34. The molecule has 6 nitrogen and oxygen atoms in total. The van der Waals surface area contributed by atoms with Crippen molar-refractivity contribution in [2.45, 2.75) is 49.9 Å². The van der Waals surface area contributed by atoms with Gasteiger partial charge in [-0.2, -0.15) is 0 Å². The lowest BCUT2D eigenvalue weighted by molar-refractivity contribution is 0.257. The van der Waals surface area contributed by atoms with Gasteiger partial charge in [0, 0.05) is 41.4 Å². The number of furan rings is 1. The zero-order valence-corrected chi connectivity index (χ0v) is 16.6. The lowest BCUT2D eigenvalue weighted by Gasteiger charge is -2.31. The molecule has 0 radical (unpaired) electrons. The molecule has 2 N–H and O–H groups in total. The number of nitrogens with one attached hydrogen (secondary N) is 2. The molecule has 0 aliphatic heterocycles. The van der Waals surface area contributed by atoms with Crippen LogP contribution in [-0.2, 0) is 10.8 Å². The van der Waals surface area contributed by atoms with Gasteiger partial charge in [-0.1, -0.05) is 13.3 Å². The first-order chi connectivity index (χ1) is 12.0. The van der Waals surface area contributed by atoms with E-state index in [2.05, 4.69) is 20.5 Å². The van der Waals surface area contributed by atoms with Crippen LogP contribution >= 0.6 is 0 Å². The van der Waals surface area contributed by atoms with Crippen LogP contribution in [0.3, 0.4) is 0 Å². The first-order valence-electron chi connectivity index (χ1n) is 9.09. The van der Waals surface area contributed by atoms with Crippen molar-refractivity contribution in [2.24, 2.45) is 4.99 Å². The number of nitrogens with zero attached hydrogens (tertiary/aromatic N) is 2. The molecule has 0 amide bonds. The quantitative estimate of drug-likeness (QED) is 0.570. The summed E-state index contributed by atoms with van der Waals surface area (Å²) in [6.07, 6.45) is 5.96. The summed E-state index contributed by atoms with van der Waals surface area (Å²) in [4.78, 5) is 6.48. The second-order valence-electron chi connectivity index (χ2n) is 6.75. The predicted molar refractivity (Wildman–Crippen MR) is 104 cm³/mol. The zero-order chi connectivity index (χ0) is 18.2. The van der Waals surface area contributed by atoms with Crippen molar-refractivity contribution in [2.75, 3.05) is 33.4 Å². The van der Waals surface area contributed by atoms with Crippen molar-refractivity contribution in [1.82, 2.24) is 15.5 Å². The van der Waals surface area contributed by atoms with Crippen LogP contribution in [0.15, 0.2) is 27.8 Å². The highest BCUT2D eigenvalue weighted by Gasteiger charge is 2.26. The fraction of sp³-hybridized carbons (Fsp3) is 0.722. The average Bonchev–Trinajstić information content (AvgIpc) is 3.14. The highest BCUT2D eigenvalue weighted by Crippen LogP contribution is 2.23. The second-order valence-corrected chi connectivity index (χ2v) is 8.75. The molecule has 4 atom stereocenters. The zero-order valence-electron chi connectivity index (χ0n) is 15.8. The van der Waals surface area contributed by atoms with E-state index in [1.54, 1.807) is 13.3 Å². The summed E-state index contributed by atoms with van der Waals surface area (Å²) in [5, 5.41) is 7.23. The summed E-state index contributed by atoms with van der Waals surface area (Å²) in [5.41, 5.74) is 0. The van der Waals surface area contributed by atoms with Gasteiger partial charge in [-0.05, 0) is 45.5 Å². The fourth-order valence-electron chi connectivity index (χ4n) is 3.35. The fourth-order valence-corrected chi connectivity index (χ4v) is 4.70. The van der Waals surface area contributed by atoms with Crippen molar-refractivity contribution in [1.29, 1.82) is 0 Å². The third-order valence-corrected chi connectivity index (χ3v) is 6.55. The molecule has 0 spiro atoms. The molecular weight excluding hydrogens is 336 g/mol. The molecule has 4 unspecified atom stereocenters. The minimum atomic E-state index is -0.708. The first kappa shape index (κ1) is 20.0.